The number of likely N-dealkylation sites (tertiary alicyclic amines) is 1. The summed E-state index contributed by atoms with van der Waals surface area (Å²) in [6.07, 6.45) is 1.35. The number of nitrogens with one attached hydrogen (secondary N) is 2. The highest BCUT2D eigenvalue weighted by molar-refractivity contribution is 7.89. The van der Waals surface area contributed by atoms with E-state index in [-0.39, 0.29) is 23.0 Å². The monoisotopic (exact) mass is 343 g/mol. The maximum Gasteiger partial charge on any atom is 0.317 e. The summed E-state index contributed by atoms with van der Waals surface area (Å²) in [4.78, 5) is 13.5. The Hall–Kier alpha value is -1.67. The molecular weight excluding hydrogens is 321 g/mol. The molecule has 2 N–H and O–H groups in total. The van der Waals surface area contributed by atoms with Gasteiger partial charge in [-0.05, 0) is 44.9 Å². The number of hydrogen-bond acceptors (Lipinski definition) is 3. The zero-order valence-electron chi connectivity index (χ0n) is 13.3. The number of carbonyl (C=O) groups is 1. The predicted molar refractivity (Wildman–Crippen MR) is 85.0 cm³/mol. The summed E-state index contributed by atoms with van der Waals surface area (Å²) in [6.45, 7) is 4.63. The van der Waals surface area contributed by atoms with Crippen molar-refractivity contribution in [2.75, 3.05) is 13.1 Å². The molecule has 1 saturated heterocycles. The van der Waals surface area contributed by atoms with Crippen LogP contribution in [0.5, 0.6) is 0 Å². The minimum Gasteiger partial charge on any atom is -0.336 e. The minimum absolute atomic E-state index is 0.0202. The fourth-order valence-electron chi connectivity index (χ4n) is 2.52. The molecule has 0 radical (unpaired) electrons. The first-order valence-electron chi connectivity index (χ1n) is 7.61. The number of rotatable bonds is 4. The molecule has 1 aromatic carbocycles. The highest BCUT2D eigenvalue weighted by atomic mass is 32.2. The molecule has 0 aromatic heterocycles. The topological polar surface area (TPSA) is 78.5 Å². The highest BCUT2D eigenvalue weighted by Gasteiger charge is 2.27. The Labute approximate surface area is 136 Å². The van der Waals surface area contributed by atoms with Gasteiger partial charge in [-0.3, -0.25) is 0 Å². The molecule has 2 amide bonds. The van der Waals surface area contributed by atoms with E-state index in [0.29, 0.717) is 25.9 Å². The molecule has 0 bridgehead atoms. The third kappa shape index (κ3) is 4.90. The Kier molecular flexibility index (Phi) is 5.59. The van der Waals surface area contributed by atoms with E-state index in [0.717, 1.165) is 6.07 Å². The van der Waals surface area contributed by atoms with Crippen molar-refractivity contribution in [2.24, 2.45) is 0 Å². The Morgan fingerprint density at radius 1 is 1.39 bits per heavy atom. The van der Waals surface area contributed by atoms with Crippen LogP contribution >= 0.6 is 0 Å². The smallest absolute Gasteiger partial charge is 0.317 e. The second kappa shape index (κ2) is 7.27. The number of halogens is 1. The largest absolute Gasteiger partial charge is 0.336 e. The molecule has 1 aliphatic heterocycles. The van der Waals surface area contributed by atoms with Crippen LogP contribution < -0.4 is 10.0 Å². The van der Waals surface area contributed by atoms with E-state index < -0.39 is 15.8 Å². The first-order chi connectivity index (χ1) is 10.8. The first kappa shape index (κ1) is 17.7. The minimum atomic E-state index is -3.80. The summed E-state index contributed by atoms with van der Waals surface area (Å²) < 4.78 is 40.4. The van der Waals surface area contributed by atoms with E-state index >= 15 is 0 Å². The van der Waals surface area contributed by atoms with Crippen molar-refractivity contribution < 1.29 is 17.6 Å². The SMILES string of the molecule is CC(C)NC(=O)N1CCC[C@H](NS(=O)(=O)c2cccc(F)c2)C1. The van der Waals surface area contributed by atoms with Crippen molar-refractivity contribution in [2.45, 2.75) is 43.7 Å². The molecule has 1 fully saturated rings. The third-order valence-corrected chi connectivity index (χ3v) is 5.07. The van der Waals surface area contributed by atoms with Gasteiger partial charge in [0.05, 0.1) is 4.90 Å². The van der Waals surface area contributed by atoms with Gasteiger partial charge in [-0.2, -0.15) is 0 Å². The van der Waals surface area contributed by atoms with Gasteiger partial charge in [-0.25, -0.2) is 22.3 Å². The van der Waals surface area contributed by atoms with Gasteiger partial charge in [0.25, 0.3) is 0 Å². The maximum absolute atomic E-state index is 13.2. The molecule has 0 aliphatic carbocycles. The van der Waals surface area contributed by atoms with Gasteiger partial charge < -0.3 is 10.2 Å². The van der Waals surface area contributed by atoms with Gasteiger partial charge in [0.1, 0.15) is 5.82 Å². The zero-order chi connectivity index (χ0) is 17.0. The molecular formula is C15H22FN3O3S. The van der Waals surface area contributed by atoms with Gasteiger partial charge in [-0.15, -0.1) is 0 Å². The molecule has 1 aromatic rings. The maximum atomic E-state index is 13.2. The van der Waals surface area contributed by atoms with E-state index in [2.05, 4.69) is 10.0 Å². The molecule has 8 heteroatoms. The number of carbonyl (C=O) groups excluding carboxylic acids is 1. The fourth-order valence-corrected chi connectivity index (χ4v) is 3.81. The molecule has 1 atom stereocenters. The number of sulfonamides is 1. The molecule has 0 unspecified atom stereocenters. The normalized spacial score (nSPS) is 19.0. The lowest BCUT2D eigenvalue weighted by molar-refractivity contribution is 0.175. The molecule has 0 spiro atoms. The van der Waals surface area contributed by atoms with Crippen LogP contribution in [0.4, 0.5) is 9.18 Å². The van der Waals surface area contributed by atoms with Crippen molar-refractivity contribution in [3.05, 3.63) is 30.1 Å². The Bertz CT molecular complexity index is 664. The number of urea groups is 1. The molecule has 1 aliphatic rings. The molecule has 1 heterocycles. The Morgan fingerprint density at radius 3 is 2.78 bits per heavy atom. The second-order valence-corrected chi connectivity index (χ2v) is 7.68. The van der Waals surface area contributed by atoms with Gasteiger partial charge in [0.15, 0.2) is 0 Å². The van der Waals surface area contributed by atoms with Crippen LogP contribution in [0, 0.1) is 5.82 Å². The van der Waals surface area contributed by atoms with Crippen molar-refractivity contribution in [3.8, 4) is 0 Å². The first-order valence-corrected chi connectivity index (χ1v) is 9.09. The second-order valence-electron chi connectivity index (χ2n) is 5.97. The number of benzene rings is 1. The lowest BCUT2D eigenvalue weighted by Gasteiger charge is -2.33. The van der Waals surface area contributed by atoms with Crippen LogP contribution in [0.15, 0.2) is 29.2 Å². The summed E-state index contributed by atoms with van der Waals surface area (Å²) in [6, 6.07) is 4.31. The molecule has 0 saturated carbocycles. The van der Waals surface area contributed by atoms with Gasteiger partial charge in [-0.1, -0.05) is 6.07 Å². The summed E-state index contributed by atoms with van der Waals surface area (Å²) in [5.74, 6) is -0.602. The summed E-state index contributed by atoms with van der Waals surface area (Å²) in [5, 5.41) is 2.80. The van der Waals surface area contributed by atoms with Crippen LogP contribution in [0.1, 0.15) is 26.7 Å². The molecule has 23 heavy (non-hydrogen) atoms. The predicted octanol–water partition coefficient (Wildman–Crippen LogP) is 1.69. The Morgan fingerprint density at radius 2 is 2.13 bits per heavy atom. The fraction of sp³-hybridized carbons (Fsp3) is 0.533. The van der Waals surface area contributed by atoms with Gasteiger partial charge >= 0.3 is 6.03 Å². The van der Waals surface area contributed by atoms with Gasteiger partial charge in [0.2, 0.25) is 10.0 Å². The van der Waals surface area contributed by atoms with Crippen molar-refractivity contribution in [3.63, 3.8) is 0 Å². The standard InChI is InChI=1S/C15H22FN3O3S/c1-11(2)17-15(20)19-8-4-6-13(10-19)18-23(21,22)14-7-3-5-12(16)9-14/h3,5,7,9,11,13,18H,4,6,8,10H2,1-2H3,(H,17,20)/t13-/m0/s1. The van der Waals surface area contributed by atoms with Crippen molar-refractivity contribution >= 4 is 16.1 Å². The van der Waals surface area contributed by atoms with E-state index in [4.69, 9.17) is 0 Å². The lowest BCUT2D eigenvalue weighted by Crippen LogP contribution is -2.53. The lowest BCUT2D eigenvalue weighted by atomic mass is 10.1. The van der Waals surface area contributed by atoms with E-state index in [1.54, 1.807) is 4.90 Å². The van der Waals surface area contributed by atoms with Crippen molar-refractivity contribution in [1.82, 2.24) is 14.9 Å². The molecule has 128 valence electrons. The number of nitrogens with zero attached hydrogens (tertiary/aromatic N) is 1. The quantitative estimate of drug-likeness (QED) is 0.873. The third-order valence-electron chi connectivity index (χ3n) is 3.55. The average Bonchev–Trinajstić information content (AvgIpc) is 2.46. The average molecular weight is 343 g/mol. The van der Waals surface area contributed by atoms with E-state index in [9.17, 15) is 17.6 Å². The number of piperidine rings is 1. The van der Waals surface area contributed by atoms with Crippen LogP contribution in [0.3, 0.4) is 0 Å². The number of amides is 2. The molecule has 2 rings (SSSR count). The number of hydrogen-bond donors (Lipinski definition) is 2. The highest BCUT2D eigenvalue weighted by Crippen LogP contribution is 2.15. The summed E-state index contributed by atoms with van der Waals surface area (Å²) in [5.41, 5.74) is 0. The van der Waals surface area contributed by atoms with E-state index in [1.165, 1.54) is 18.2 Å². The molecule has 6 nitrogen and oxygen atoms in total. The Balaban J connectivity index is 2.03. The van der Waals surface area contributed by atoms with Crippen LogP contribution in [0.2, 0.25) is 0 Å². The van der Waals surface area contributed by atoms with Gasteiger partial charge in [0, 0.05) is 25.2 Å². The van der Waals surface area contributed by atoms with Crippen LogP contribution in [0.25, 0.3) is 0 Å². The van der Waals surface area contributed by atoms with Crippen LogP contribution in [-0.2, 0) is 10.0 Å². The summed E-state index contributed by atoms with van der Waals surface area (Å²) in [7, 11) is -3.80. The van der Waals surface area contributed by atoms with Crippen molar-refractivity contribution in [1.29, 1.82) is 0 Å². The summed E-state index contributed by atoms with van der Waals surface area (Å²) >= 11 is 0. The van der Waals surface area contributed by atoms with Crippen LogP contribution in [-0.4, -0.2) is 44.5 Å². The van der Waals surface area contributed by atoms with E-state index in [1.807, 2.05) is 13.8 Å². The zero-order valence-corrected chi connectivity index (χ0v) is 14.1.